The fourth-order valence-electron chi connectivity index (χ4n) is 5.16. The number of halogens is 1. The van der Waals surface area contributed by atoms with Crippen LogP contribution in [0.4, 0.5) is 0 Å². The minimum atomic E-state index is -0.922. The lowest BCUT2D eigenvalue weighted by Crippen LogP contribution is -2.23. The Bertz CT molecular complexity index is 1560. The predicted octanol–water partition coefficient (Wildman–Crippen LogP) is 9.58. The summed E-state index contributed by atoms with van der Waals surface area (Å²) in [6.45, 7) is 7.78. The van der Waals surface area contributed by atoms with Crippen molar-refractivity contribution in [2.45, 2.75) is 64.2 Å². The van der Waals surface area contributed by atoms with Gasteiger partial charge in [0.1, 0.15) is 0 Å². The SMILES string of the molecule is CCC(C)(CS[C@H](CCc1ccccc1C(C)(C)O)c1cccc(/C=C/c2ccc3ccc(Cl)cc3n2)c1)CC(=O)O. The van der Waals surface area contributed by atoms with E-state index in [1.807, 2.05) is 74.1 Å². The summed E-state index contributed by atoms with van der Waals surface area (Å²) >= 11 is 8.00. The Kier molecular flexibility index (Phi) is 10.5. The fourth-order valence-corrected chi connectivity index (χ4v) is 6.86. The first-order chi connectivity index (χ1) is 20.0. The number of aliphatic hydroxyl groups is 1. The lowest BCUT2D eigenvalue weighted by molar-refractivity contribution is -0.139. The number of rotatable bonds is 13. The molecular weight excluding hydrogens is 562 g/mol. The molecule has 1 heterocycles. The molecule has 220 valence electrons. The molecule has 4 rings (SSSR count). The van der Waals surface area contributed by atoms with Crippen LogP contribution in [0.1, 0.15) is 80.2 Å². The average Bonchev–Trinajstić information content (AvgIpc) is 2.95. The quantitative estimate of drug-likeness (QED) is 0.160. The molecule has 2 atom stereocenters. The number of carboxylic acid groups (broad SMARTS) is 1. The van der Waals surface area contributed by atoms with Crippen LogP contribution < -0.4 is 0 Å². The van der Waals surface area contributed by atoms with Gasteiger partial charge in [-0.3, -0.25) is 4.79 Å². The molecule has 0 fully saturated rings. The molecule has 0 radical (unpaired) electrons. The van der Waals surface area contributed by atoms with Gasteiger partial charge in [0.05, 0.1) is 23.2 Å². The first-order valence-corrected chi connectivity index (χ1v) is 15.9. The van der Waals surface area contributed by atoms with Gasteiger partial charge in [-0.2, -0.15) is 11.8 Å². The van der Waals surface area contributed by atoms with Gasteiger partial charge in [0, 0.05) is 15.7 Å². The highest BCUT2D eigenvalue weighted by molar-refractivity contribution is 7.99. The number of thioether (sulfide) groups is 1. The van der Waals surface area contributed by atoms with E-state index < -0.39 is 11.6 Å². The van der Waals surface area contributed by atoms with Crippen LogP contribution in [-0.2, 0) is 16.8 Å². The molecule has 0 aliphatic carbocycles. The van der Waals surface area contributed by atoms with E-state index in [9.17, 15) is 15.0 Å². The van der Waals surface area contributed by atoms with Crippen molar-refractivity contribution in [3.63, 3.8) is 0 Å². The number of nitrogens with zero attached hydrogens (tertiary/aromatic N) is 1. The molecule has 0 bridgehead atoms. The molecular formula is C36H40ClNO3S. The van der Waals surface area contributed by atoms with E-state index in [2.05, 4.69) is 56.3 Å². The molecule has 4 nitrogen and oxygen atoms in total. The summed E-state index contributed by atoms with van der Waals surface area (Å²) in [4.78, 5) is 16.3. The Morgan fingerprint density at radius 1 is 1.00 bits per heavy atom. The van der Waals surface area contributed by atoms with Gasteiger partial charge >= 0.3 is 5.97 Å². The lowest BCUT2D eigenvalue weighted by atomic mass is 9.86. The smallest absolute Gasteiger partial charge is 0.303 e. The minimum absolute atomic E-state index is 0.150. The third-order valence-electron chi connectivity index (χ3n) is 7.82. The maximum Gasteiger partial charge on any atom is 0.303 e. The second-order valence-electron chi connectivity index (χ2n) is 11.9. The predicted molar refractivity (Wildman–Crippen MR) is 178 cm³/mol. The summed E-state index contributed by atoms with van der Waals surface area (Å²) in [6.07, 6.45) is 6.72. The highest BCUT2D eigenvalue weighted by atomic mass is 35.5. The molecule has 0 amide bonds. The second-order valence-corrected chi connectivity index (χ2v) is 13.5. The van der Waals surface area contributed by atoms with Gasteiger partial charge in [0.25, 0.3) is 0 Å². The first-order valence-electron chi connectivity index (χ1n) is 14.4. The lowest BCUT2D eigenvalue weighted by Gasteiger charge is -2.29. The number of aryl methyl sites for hydroxylation is 1. The maximum atomic E-state index is 11.6. The van der Waals surface area contributed by atoms with Gasteiger partial charge in [-0.1, -0.05) is 92.2 Å². The van der Waals surface area contributed by atoms with Crippen LogP contribution in [0.15, 0.2) is 78.9 Å². The summed E-state index contributed by atoms with van der Waals surface area (Å²) < 4.78 is 0. The Labute approximate surface area is 258 Å². The van der Waals surface area contributed by atoms with Gasteiger partial charge in [-0.05, 0) is 90.8 Å². The van der Waals surface area contributed by atoms with Crippen molar-refractivity contribution in [1.29, 1.82) is 0 Å². The zero-order valence-electron chi connectivity index (χ0n) is 24.8. The van der Waals surface area contributed by atoms with Crippen LogP contribution >= 0.6 is 23.4 Å². The number of pyridine rings is 1. The summed E-state index contributed by atoms with van der Waals surface area (Å²) in [5.41, 5.74) is 4.87. The molecule has 4 aromatic rings. The van der Waals surface area contributed by atoms with Gasteiger partial charge in [0.15, 0.2) is 0 Å². The van der Waals surface area contributed by atoms with Crippen molar-refractivity contribution in [1.82, 2.24) is 4.98 Å². The molecule has 0 aliphatic rings. The van der Waals surface area contributed by atoms with Crippen LogP contribution in [-0.4, -0.2) is 26.9 Å². The zero-order valence-corrected chi connectivity index (χ0v) is 26.4. The number of hydrogen-bond acceptors (Lipinski definition) is 4. The average molecular weight is 602 g/mol. The van der Waals surface area contributed by atoms with Crippen LogP contribution in [0.25, 0.3) is 23.1 Å². The Balaban J connectivity index is 1.59. The molecule has 3 aromatic carbocycles. The van der Waals surface area contributed by atoms with Crippen molar-refractivity contribution in [2.24, 2.45) is 5.41 Å². The van der Waals surface area contributed by atoms with E-state index in [1.165, 1.54) is 5.56 Å². The standard InChI is InChI=1S/C36H40ClNO3S/c1-5-36(4,23-34(39)40)24-42-33(20-16-26-10-6-7-12-31(26)35(2,3)41)28-11-8-9-25(21-28)13-18-30-19-15-27-14-17-29(37)22-32(27)38-30/h6-15,17-19,21-22,33,41H,5,16,20,23-24H2,1-4H3,(H,39,40)/b18-13+/t33-,36?/m1/s1. The Hall–Kier alpha value is -3.12. The maximum absolute atomic E-state index is 11.6. The van der Waals surface area contributed by atoms with Crippen molar-refractivity contribution >= 4 is 52.4 Å². The van der Waals surface area contributed by atoms with E-state index in [0.717, 1.165) is 58.3 Å². The molecule has 42 heavy (non-hydrogen) atoms. The van der Waals surface area contributed by atoms with Gasteiger partial charge in [-0.25, -0.2) is 4.98 Å². The van der Waals surface area contributed by atoms with E-state index >= 15 is 0 Å². The molecule has 6 heteroatoms. The van der Waals surface area contributed by atoms with Crippen LogP contribution in [0.5, 0.6) is 0 Å². The van der Waals surface area contributed by atoms with E-state index in [1.54, 1.807) is 0 Å². The zero-order chi connectivity index (χ0) is 30.3. The van der Waals surface area contributed by atoms with Crippen LogP contribution in [0.3, 0.4) is 0 Å². The summed E-state index contributed by atoms with van der Waals surface area (Å²) in [6, 6.07) is 26.4. The number of aliphatic carboxylic acids is 1. The molecule has 1 unspecified atom stereocenters. The minimum Gasteiger partial charge on any atom is -0.481 e. The normalized spacial score (nSPS) is 14.2. The Morgan fingerprint density at radius 2 is 1.76 bits per heavy atom. The van der Waals surface area contributed by atoms with Crippen molar-refractivity contribution in [2.75, 3.05) is 5.75 Å². The number of carbonyl (C=O) groups is 1. The Morgan fingerprint density at radius 3 is 2.50 bits per heavy atom. The number of carboxylic acids is 1. The molecule has 1 aromatic heterocycles. The molecule has 0 spiro atoms. The molecule has 0 saturated carbocycles. The highest BCUT2D eigenvalue weighted by Gasteiger charge is 2.28. The number of benzene rings is 3. The monoisotopic (exact) mass is 601 g/mol. The third kappa shape index (κ3) is 8.70. The molecule has 2 N–H and O–H groups in total. The summed E-state index contributed by atoms with van der Waals surface area (Å²) in [5, 5.41) is 22.2. The molecule has 0 saturated heterocycles. The number of hydrogen-bond donors (Lipinski definition) is 2. The topological polar surface area (TPSA) is 70.4 Å². The third-order valence-corrected chi connectivity index (χ3v) is 9.83. The van der Waals surface area contributed by atoms with Gasteiger partial charge in [0.2, 0.25) is 0 Å². The first kappa shape index (κ1) is 31.8. The number of fused-ring (bicyclic) bond motifs is 1. The number of aromatic nitrogens is 1. The van der Waals surface area contributed by atoms with E-state index in [-0.39, 0.29) is 17.1 Å². The summed E-state index contributed by atoms with van der Waals surface area (Å²) in [7, 11) is 0. The van der Waals surface area contributed by atoms with Crippen LogP contribution in [0.2, 0.25) is 5.02 Å². The largest absolute Gasteiger partial charge is 0.481 e. The van der Waals surface area contributed by atoms with Crippen molar-refractivity contribution in [3.8, 4) is 0 Å². The van der Waals surface area contributed by atoms with E-state index in [0.29, 0.717) is 5.02 Å². The molecule has 0 aliphatic heterocycles. The highest BCUT2D eigenvalue weighted by Crippen LogP contribution is 2.41. The van der Waals surface area contributed by atoms with Gasteiger partial charge < -0.3 is 10.2 Å². The van der Waals surface area contributed by atoms with Crippen molar-refractivity contribution in [3.05, 3.63) is 112 Å². The second kappa shape index (κ2) is 13.9. The van der Waals surface area contributed by atoms with E-state index in [4.69, 9.17) is 16.6 Å². The summed E-state index contributed by atoms with van der Waals surface area (Å²) in [5.74, 6) is -0.00986. The van der Waals surface area contributed by atoms with Crippen molar-refractivity contribution < 1.29 is 15.0 Å². The van der Waals surface area contributed by atoms with Gasteiger partial charge in [-0.15, -0.1) is 0 Å². The fraction of sp³-hybridized carbons (Fsp3) is 0.333. The van der Waals surface area contributed by atoms with Crippen LogP contribution in [0, 0.1) is 5.41 Å².